The Morgan fingerprint density at radius 1 is 0.653 bits per heavy atom. The van der Waals surface area contributed by atoms with E-state index in [1.54, 1.807) is 6.92 Å². The highest BCUT2D eigenvalue weighted by atomic mass is 16.6. The van der Waals surface area contributed by atoms with Crippen molar-refractivity contribution >= 4 is 17.3 Å². The number of aliphatic hydroxyl groups excluding tert-OH is 4. The van der Waals surface area contributed by atoms with Crippen molar-refractivity contribution in [2.24, 2.45) is 0 Å². The number of aromatic hydroxyl groups is 4. The van der Waals surface area contributed by atoms with E-state index in [-0.39, 0.29) is 44.5 Å². The van der Waals surface area contributed by atoms with Crippen molar-refractivity contribution in [1.29, 1.82) is 0 Å². The molecule has 6 atom stereocenters. The first kappa shape index (κ1) is 32.4. The van der Waals surface area contributed by atoms with Gasteiger partial charge in [-0.2, -0.15) is 0 Å². The maximum atomic E-state index is 14.2. The topological polar surface area (TPSA) is 243 Å². The lowest BCUT2D eigenvalue weighted by molar-refractivity contribution is -0.265. The molecular weight excluding hydrogens is 640 g/mol. The summed E-state index contributed by atoms with van der Waals surface area (Å²) in [6, 6.07) is 10.1. The zero-order chi connectivity index (χ0) is 35.4. The number of phenolic OH excluding ortho intramolecular Hbond substituents is 4. The molecule has 1 heterocycles. The largest absolute Gasteiger partial charge is 0.507 e. The summed E-state index contributed by atoms with van der Waals surface area (Å²) in [5.41, 5.74) is -5.19. The van der Waals surface area contributed by atoms with E-state index >= 15 is 0 Å². The normalized spacial score (nSPS) is 25.8. The second-order valence-electron chi connectivity index (χ2n) is 12.6. The number of aryl methyl sites for hydroxylation is 2. The molecule has 7 rings (SSSR count). The Morgan fingerprint density at radius 3 is 2.02 bits per heavy atom. The molecule has 0 spiro atoms. The van der Waals surface area contributed by atoms with Crippen LogP contribution in [0, 0.1) is 13.8 Å². The molecule has 0 amide bonds. The highest BCUT2D eigenvalue weighted by Crippen LogP contribution is 2.53. The summed E-state index contributed by atoms with van der Waals surface area (Å²) in [4.78, 5) is 41.8. The summed E-state index contributed by atoms with van der Waals surface area (Å²) in [7, 11) is 0. The number of phenols is 4. The van der Waals surface area contributed by atoms with Crippen LogP contribution >= 0.6 is 0 Å². The van der Waals surface area contributed by atoms with Gasteiger partial charge < -0.3 is 50.7 Å². The maximum absolute atomic E-state index is 14.2. The SMILES string of the molecule is Cc1cc(O)c2c(c1)[C@](O)(C1O[C@H](CO)[C@@H](O)[C@H](O)[C@H]1O)c1ccc(-c3c(C)cc(O)c4c3C(=O)c3cccc(O)c3C4=O)c(O)c1C2=O. The third-order valence-corrected chi connectivity index (χ3v) is 9.76. The van der Waals surface area contributed by atoms with Crippen LogP contribution in [0.4, 0.5) is 0 Å². The summed E-state index contributed by atoms with van der Waals surface area (Å²) >= 11 is 0. The van der Waals surface area contributed by atoms with E-state index in [4.69, 9.17) is 4.74 Å². The first-order chi connectivity index (χ1) is 23.1. The Kier molecular flexibility index (Phi) is 7.23. The number of ether oxygens (including phenoxy) is 1. The Bertz CT molecular complexity index is 2150. The van der Waals surface area contributed by atoms with E-state index < -0.39 is 99.8 Å². The van der Waals surface area contributed by atoms with Gasteiger partial charge in [0.05, 0.1) is 28.9 Å². The van der Waals surface area contributed by atoms with Crippen molar-refractivity contribution in [2.45, 2.75) is 50.0 Å². The van der Waals surface area contributed by atoms with Gasteiger partial charge in [-0.25, -0.2) is 0 Å². The summed E-state index contributed by atoms with van der Waals surface area (Å²) in [6.45, 7) is 2.21. The van der Waals surface area contributed by atoms with E-state index in [9.17, 15) is 60.3 Å². The Hall–Kier alpha value is -5.15. The molecule has 4 aromatic carbocycles. The fraction of sp³-hybridized carbons (Fsp3) is 0.250. The highest BCUT2D eigenvalue weighted by Gasteiger charge is 2.58. The molecule has 49 heavy (non-hydrogen) atoms. The predicted molar refractivity (Wildman–Crippen MR) is 168 cm³/mol. The Morgan fingerprint density at radius 2 is 1.33 bits per heavy atom. The van der Waals surface area contributed by atoms with Gasteiger partial charge in [-0.15, -0.1) is 0 Å². The molecule has 1 unspecified atom stereocenters. The molecule has 2 aliphatic carbocycles. The molecule has 9 N–H and O–H groups in total. The van der Waals surface area contributed by atoms with Crippen molar-refractivity contribution in [3.63, 3.8) is 0 Å². The minimum Gasteiger partial charge on any atom is -0.507 e. The maximum Gasteiger partial charge on any atom is 0.201 e. The van der Waals surface area contributed by atoms with Crippen LogP contribution in [0.15, 0.2) is 48.5 Å². The van der Waals surface area contributed by atoms with Crippen LogP contribution in [0.1, 0.15) is 70.0 Å². The number of hydrogen-bond acceptors (Lipinski definition) is 13. The zero-order valence-electron chi connectivity index (χ0n) is 25.9. The first-order valence-electron chi connectivity index (χ1n) is 15.2. The molecule has 0 radical (unpaired) electrons. The van der Waals surface area contributed by atoms with Crippen molar-refractivity contribution < 1.29 is 65.1 Å². The van der Waals surface area contributed by atoms with Gasteiger partial charge in [0.15, 0.2) is 5.78 Å². The van der Waals surface area contributed by atoms with Gasteiger partial charge in [-0.05, 0) is 43.2 Å². The van der Waals surface area contributed by atoms with Gasteiger partial charge in [0.2, 0.25) is 11.6 Å². The number of carbonyl (C=O) groups excluding carboxylic acids is 3. The zero-order valence-corrected chi connectivity index (χ0v) is 25.9. The minimum absolute atomic E-state index is 0.0523. The van der Waals surface area contributed by atoms with Crippen LogP contribution in [0.3, 0.4) is 0 Å². The number of ketones is 3. The van der Waals surface area contributed by atoms with E-state index in [1.807, 2.05) is 0 Å². The minimum atomic E-state index is -2.61. The molecule has 13 nitrogen and oxygen atoms in total. The third-order valence-electron chi connectivity index (χ3n) is 9.76. The lowest BCUT2D eigenvalue weighted by atomic mass is 9.67. The lowest BCUT2D eigenvalue weighted by Gasteiger charge is -2.49. The van der Waals surface area contributed by atoms with Crippen LogP contribution in [0.25, 0.3) is 11.1 Å². The highest BCUT2D eigenvalue weighted by molar-refractivity contribution is 6.32. The van der Waals surface area contributed by atoms with E-state index in [1.165, 1.54) is 55.5 Å². The summed E-state index contributed by atoms with van der Waals surface area (Å²) < 4.78 is 5.77. The molecule has 252 valence electrons. The fourth-order valence-corrected chi connectivity index (χ4v) is 7.50. The molecule has 0 saturated carbocycles. The second kappa shape index (κ2) is 10.9. The number of benzene rings is 4. The average molecular weight is 671 g/mol. The molecule has 3 aliphatic rings. The number of hydrogen-bond donors (Lipinski definition) is 9. The summed E-state index contributed by atoms with van der Waals surface area (Å²) in [5.74, 6) is -5.06. The van der Waals surface area contributed by atoms with Crippen LogP contribution in [-0.2, 0) is 10.3 Å². The van der Waals surface area contributed by atoms with Gasteiger partial charge in [0.1, 0.15) is 59.1 Å². The average Bonchev–Trinajstić information content (AvgIpc) is 3.04. The summed E-state index contributed by atoms with van der Waals surface area (Å²) in [6.07, 6.45) is -9.10. The molecule has 0 aromatic heterocycles. The number of rotatable bonds is 3. The molecule has 0 bridgehead atoms. The van der Waals surface area contributed by atoms with Gasteiger partial charge in [0, 0.05) is 33.4 Å². The Labute approximate surface area is 277 Å². The van der Waals surface area contributed by atoms with Crippen molar-refractivity contribution in [3.8, 4) is 34.1 Å². The molecule has 4 aromatic rings. The van der Waals surface area contributed by atoms with Crippen molar-refractivity contribution in [3.05, 3.63) is 104 Å². The fourth-order valence-electron chi connectivity index (χ4n) is 7.50. The molecule has 1 saturated heterocycles. The number of fused-ring (bicyclic) bond motifs is 4. The summed E-state index contributed by atoms with van der Waals surface area (Å²) in [5, 5.41) is 99.1. The van der Waals surface area contributed by atoms with Gasteiger partial charge in [0.25, 0.3) is 0 Å². The van der Waals surface area contributed by atoms with Crippen molar-refractivity contribution in [2.75, 3.05) is 6.61 Å². The van der Waals surface area contributed by atoms with E-state index in [0.717, 1.165) is 0 Å². The molecule has 1 fully saturated rings. The van der Waals surface area contributed by atoms with Crippen LogP contribution in [-0.4, -0.2) is 100 Å². The standard InChI is InChI=1S/C36H30O13/c1-12-8-17-24(19(39)9-12)32(45)25-16(36(17,48)35-34(47)33(46)30(43)21(11-37)49-35)7-6-15(28(25)41)22-13(2)10-20(40)26-27(22)29(42)14-4-3-5-18(38)23(14)31(26)44/h3-10,21,30,33-35,37-41,43,46-48H,11H2,1-2H3/t21-,30-,33+,34-,35?,36+/m1/s1. The molecular formula is C36H30O13. The Balaban J connectivity index is 1.52. The van der Waals surface area contributed by atoms with Gasteiger partial charge in [-0.3, -0.25) is 14.4 Å². The quantitative estimate of drug-likeness (QED) is 0.131. The molecule has 1 aliphatic heterocycles. The van der Waals surface area contributed by atoms with Crippen molar-refractivity contribution in [1.82, 2.24) is 0 Å². The first-order valence-corrected chi connectivity index (χ1v) is 15.2. The predicted octanol–water partition coefficient (Wildman–Crippen LogP) is 1.19. The smallest absolute Gasteiger partial charge is 0.201 e. The number of carbonyl (C=O) groups is 3. The van der Waals surface area contributed by atoms with Gasteiger partial charge >= 0.3 is 0 Å². The van der Waals surface area contributed by atoms with Crippen LogP contribution in [0.5, 0.6) is 23.0 Å². The van der Waals surface area contributed by atoms with E-state index in [2.05, 4.69) is 0 Å². The number of aliphatic hydroxyl groups is 5. The van der Waals surface area contributed by atoms with E-state index in [0.29, 0.717) is 5.56 Å². The molecule has 13 heteroatoms. The second-order valence-corrected chi connectivity index (χ2v) is 12.6. The monoisotopic (exact) mass is 670 g/mol. The lowest BCUT2D eigenvalue weighted by Crippen LogP contribution is -2.65. The third kappa shape index (κ3) is 4.24. The van der Waals surface area contributed by atoms with Gasteiger partial charge in [-0.1, -0.05) is 30.3 Å². The van der Waals surface area contributed by atoms with Crippen LogP contribution in [0.2, 0.25) is 0 Å². The van der Waals surface area contributed by atoms with Crippen LogP contribution < -0.4 is 0 Å².